The molecule has 18 heavy (non-hydrogen) atoms. The molecule has 2 atom stereocenters. The molecular weight excluding hydrogens is 233 g/mol. The molecule has 0 aromatic heterocycles. The Bertz CT molecular complexity index is 409. The molecule has 0 aliphatic rings. The van der Waals surface area contributed by atoms with Crippen molar-refractivity contribution in [1.29, 1.82) is 0 Å². The third kappa shape index (κ3) is 3.81. The maximum Gasteiger partial charge on any atom is 0.320 e. The zero-order valence-corrected chi connectivity index (χ0v) is 11.2. The van der Waals surface area contributed by atoms with Gasteiger partial charge in [0.05, 0.1) is 0 Å². The first-order chi connectivity index (χ1) is 8.21. The summed E-state index contributed by atoms with van der Waals surface area (Å²) >= 11 is 0. The van der Waals surface area contributed by atoms with Gasteiger partial charge in [0, 0.05) is 6.04 Å². The highest BCUT2D eigenvalue weighted by Crippen LogP contribution is 2.33. The molecule has 0 heterocycles. The quantitative estimate of drug-likeness (QED) is 0.867. The molecule has 0 saturated heterocycles. The summed E-state index contributed by atoms with van der Waals surface area (Å²) in [5.74, 6) is -1.19. The topological polar surface area (TPSA) is 49.3 Å². The molecule has 1 aromatic carbocycles. The van der Waals surface area contributed by atoms with E-state index in [4.69, 9.17) is 5.11 Å². The fourth-order valence-corrected chi connectivity index (χ4v) is 1.82. The number of benzene rings is 1. The number of hydrogen-bond donors (Lipinski definition) is 2. The molecule has 0 amide bonds. The number of carboxylic acids is 1. The second-order valence-corrected chi connectivity index (χ2v) is 5.58. The molecule has 0 spiro atoms. The van der Waals surface area contributed by atoms with Crippen LogP contribution in [-0.4, -0.2) is 17.1 Å². The van der Waals surface area contributed by atoms with Crippen LogP contribution in [0.3, 0.4) is 0 Å². The molecular formula is C14H20FNO2. The third-order valence-corrected chi connectivity index (χ3v) is 2.86. The predicted molar refractivity (Wildman–Crippen MR) is 68.8 cm³/mol. The lowest BCUT2D eigenvalue weighted by molar-refractivity contribution is -0.139. The summed E-state index contributed by atoms with van der Waals surface area (Å²) in [5, 5.41) is 12.0. The summed E-state index contributed by atoms with van der Waals surface area (Å²) in [4.78, 5) is 10.9. The van der Waals surface area contributed by atoms with Crippen LogP contribution in [0.1, 0.15) is 39.3 Å². The molecule has 0 fully saturated rings. The summed E-state index contributed by atoms with van der Waals surface area (Å²) in [5.41, 5.74) is 0.721. The van der Waals surface area contributed by atoms with Crippen molar-refractivity contribution in [3.8, 4) is 0 Å². The highest BCUT2D eigenvalue weighted by molar-refractivity contribution is 5.72. The van der Waals surface area contributed by atoms with Crippen molar-refractivity contribution < 1.29 is 14.3 Å². The predicted octanol–water partition coefficient (Wildman–Crippen LogP) is 2.98. The number of hydrogen-bond acceptors (Lipinski definition) is 2. The Labute approximate surface area is 107 Å². The highest BCUT2D eigenvalue weighted by Gasteiger charge is 2.29. The van der Waals surface area contributed by atoms with E-state index in [1.54, 1.807) is 19.1 Å². The SMILES string of the molecule is CC(NC(c1ccc(F)cc1)C(C)(C)C)C(=O)O. The van der Waals surface area contributed by atoms with Gasteiger partial charge in [-0.15, -0.1) is 0 Å². The fourth-order valence-electron chi connectivity index (χ4n) is 1.82. The van der Waals surface area contributed by atoms with Crippen LogP contribution in [0.2, 0.25) is 0 Å². The van der Waals surface area contributed by atoms with Crippen LogP contribution in [0.5, 0.6) is 0 Å². The Balaban J connectivity index is 2.99. The van der Waals surface area contributed by atoms with Crippen molar-refractivity contribution >= 4 is 5.97 Å². The average molecular weight is 253 g/mol. The van der Waals surface area contributed by atoms with E-state index in [9.17, 15) is 9.18 Å². The minimum Gasteiger partial charge on any atom is -0.480 e. The number of rotatable bonds is 4. The molecule has 0 aliphatic heterocycles. The normalized spacial score (nSPS) is 15.2. The fraction of sp³-hybridized carbons (Fsp3) is 0.500. The zero-order valence-electron chi connectivity index (χ0n) is 11.2. The molecule has 0 radical (unpaired) electrons. The number of carbonyl (C=O) groups is 1. The highest BCUT2D eigenvalue weighted by atomic mass is 19.1. The molecule has 1 aromatic rings. The lowest BCUT2D eigenvalue weighted by Crippen LogP contribution is -2.41. The van der Waals surface area contributed by atoms with E-state index in [1.165, 1.54) is 12.1 Å². The van der Waals surface area contributed by atoms with Crippen LogP contribution in [0, 0.1) is 11.2 Å². The largest absolute Gasteiger partial charge is 0.480 e. The Hall–Kier alpha value is -1.42. The molecule has 4 heteroatoms. The van der Waals surface area contributed by atoms with E-state index in [2.05, 4.69) is 5.32 Å². The lowest BCUT2D eigenvalue weighted by Gasteiger charge is -2.33. The first kappa shape index (κ1) is 14.6. The Morgan fingerprint density at radius 2 is 1.78 bits per heavy atom. The van der Waals surface area contributed by atoms with Gasteiger partial charge in [0.1, 0.15) is 11.9 Å². The van der Waals surface area contributed by atoms with Gasteiger partial charge in [-0.05, 0) is 30.0 Å². The Morgan fingerprint density at radius 1 is 1.28 bits per heavy atom. The van der Waals surface area contributed by atoms with Gasteiger partial charge in [0.2, 0.25) is 0 Å². The van der Waals surface area contributed by atoms with Crippen molar-refractivity contribution in [3.63, 3.8) is 0 Å². The average Bonchev–Trinajstić information content (AvgIpc) is 2.25. The van der Waals surface area contributed by atoms with Gasteiger partial charge in [0.15, 0.2) is 0 Å². The van der Waals surface area contributed by atoms with Gasteiger partial charge in [-0.2, -0.15) is 0 Å². The van der Waals surface area contributed by atoms with Crippen molar-refractivity contribution in [3.05, 3.63) is 35.6 Å². The molecule has 3 nitrogen and oxygen atoms in total. The summed E-state index contributed by atoms with van der Waals surface area (Å²) < 4.78 is 12.9. The van der Waals surface area contributed by atoms with Gasteiger partial charge < -0.3 is 5.11 Å². The first-order valence-electron chi connectivity index (χ1n) is 5.96. The number of carboxylic acid groups (broad SMARTS) is 1. The summed E-state index contributed by atoms with van der Waals surface area (Å²) in [6.07, 6.45) is 0. The van der Waals surface area contributed by atoms with Crippen molar-refractivity contribution in [2.24, 2.45) is 5.41 Å². The first-order valence-corrected chi connectivity index (χ1v) is 5.96. The lowest BCUT2D eigenvalue weighted by atomic mass is 9.82. The summed E-state index contributed by atoms with van der Waals surface area (Å²) in [6, 6.07) is 5.35. The number of aliphatic carboxylic acids is 1. The number of halogens is 1. The molecule has 0 bridgehead atoms. The summed E-state index contributed by atoms with van der Waals surface area (Å²) in [6.45, 7) is 7.65. The molecule has 1 rings (SSSR count). The van der Waals surface area contributed by atoms with Crippen molar-refractivity contribution in [2.75, 3.05) is 0 Å². The Kier molecular flexibility index (Phi) is 4.46. The van der Waals surface area contributed by atoms with Crippen LogP contribution >= 0.6 is 0 Å². The van der Waals surface area contributed by atoms with E-state index >= 15 is 0 Å². The van der Waals surface area contributed by atoms with E-state index in [0.717, 1.165) is 5.56 Å². The van der Waals surface area contributed by atoms with Gasteiger partial charge in [0.25, 0.3) is 0 Å². The minimum absolute atomic E-state index is 0.149. The van der Waals surface area contributed by atoms with Crippen molar-refractivity contribution in [2.45, 2.75) is 39.8 Å². The molecule has 2 unspecified atom stereocenters. The molecule has 0 saturated carbocycles. The third-order valence-electron chi connectivity index (χ3n) is 2.86. The smallest absolute Gasteiger partial charge is 0.320 e. The zero-order chi connectivity index (χ0) is 13.9. The molecule has 0 aliphatic carbocycles. The van der Waals surface area contributed by atoms with Crippen LogP contribution in [0.25, 0.3) is 0 Å². The van der Waals surface area contributed by atoms with Crippen LogP contribution in [0.4, 0.5) is 4.39 Å². The monoisotopic (exact) mass is 253 g/mol. The van der Waals surface area contributed by atoms with E-state index < -0.39 is 12.0 Å². The second-order valence-electron chi connectivity index (χ2n) is 5.58. The maximum absolute atomic E-state index is 12.9. The summed E-state index contributed by atoms with van der Waals surface area (Å²) in [7, 11) is 0. The second kappa shape index (κ2) is 5.48. The van der Waals surface area contributed by atoms with Gasteiger partial charge in [-0.25, -0.2) is 4.39 Å². The maximum atomic E-state index is 12.9. The molecule has 100 valence electrons. The minimum atomic E-state index is -0.897. The van der Waals surface area contributed by atoms with Crippen LogP contribution in [-0.2, 0) is 4.79 Å². The van der Waals surface area contributed by atoms with Crippen LogP contribution < -0.4 is 5.32 Å². The van der Waals surface area contributed by atoms with Gasteiger partial charge >= 0.3 is 5.97 Å². The van der Waals surface area contributed by atoms with E-state index in [-0.39, 0.29) is 17.3 Å². The van der Waals surface area contributed by atoms with Crippen molar-refractivity contribution in [1.82, 2.24) is 5.32 Å². The van der Waals surface area contributed by atoms with E-state index in [1.807, 2.05) is 20.8 Å². The number of nitrogens with one attached hydrogen (secondary N) is 1. The van der Waals surface area contributed by atoms with E-state index in [0.29, 0.717) is 0 Å². The van der Waals surface area contributed by atoms with Crippen LogP contribution in [0.15, 0.2) is 24.3 Å². The van der Waals surface area contributed by atoms with Gasteiger partial charge in [-0.3, -0.25) is 10.1 Å². The standard InChI is InChI=1S/C14H20FNO2/c1-9(13(17)18)16-12(14(2,3)4)10-5-7-11(15)8-6-10/h5-9,12,16H,1-4H3,(H,17,18). The Morgan fingerprint density at radius 3 is 2.17 bits per heavy atom. The van der Waals surface area contributed by atoms with Gasteiger partial charge in [-0.1, -0.05) is 32.9 Å². The molecule has 2 N–H and O–H groups in total.